The highest BCUT2D eigenvalue weighted by atomic mass is 32.2. The zero-order valence-corrected chi connectivity index (χ0v) is 17.5. The number of pyridine rings is 1. The van der Waals surface area contributed by atoms with Crippen molar-refractivity contribution in [2.24, 2.45) is 0 Å². The molecule has 3 rings (SSSR count). The summed E-state index contributed by atoms with van der Waals surface area (Å²) in [5, 5.41) is 1.62. The molecule has 2 N–H and O–H groups in total. The smallest absolute Gasteiger partial charge is 0.360 e. The molecule has 0 atom stereocenters. The van der Waals surface area contributed by atoms with Gasteiger partial charge in [0.2, 0.25) is 17.7 Å². The molecule has 3 aromatic rings. The zero-order valence-electron chi connectivity index (χ0n) is 16.6. The number of nitrogens with zero attached hydrogens (tertiary/aromatic N) is 4. The molecule has 0 aliphatic carbocycles. The lowest BCUT2D eigenvalue weighted by molar-refractivity contribution is 0.0515. The largest absolute Gasteiger partial charge is 0.481 e. The zero-order chi connectivity index (χ0) is 22.6. The summed E-state index contributed by atoms with van der Waals surface area (Å²) >= 11 is 0. The molecule has 164 valence electrons. The Morgan fingerprint density at radius 3 is 2.39 bits per heavy atom. The van der Waals surface area contributed by atoms with E-state index < -0.39 is 32.7 Å². The minimum absolute atomic E-state index is 0.00905. The summed E-state index contributed by atoms with van der Waals surface area (Å²) in [5.41, 5.74) is -0.292. The number of amides is 2. The summed E-state index contributed by atoms with van der Waals surface area (Å²) in [6, 6.07) is 4.83. The number of methoxy groups -OCH3 is 2. The van der Waals surface area contributed by atoms with Crippen LogP contribution in [0.4, 0.5) is 10.7 Å². The van der Waals surface area contributed by atoms with E-state index in [0.29, 0.717) is 0 Å². The number of carbonyl (C=O) groups is 2. The highest BCUT2D eigenvalue weighted by Crippen LogP contribution is 2.20. The molecule has 0 aliphatic heterocycles. The number of hydrogen-bond acceptors (Lipinski definition) is 10. The second kappa shape index (κ2) is 8.83. The predicted molar refractivity (Wildman–Crippen MR) is 106 cm³/mol. The third-order valence-corrected chi connectivity index (χ3v) is 5.11. The first-order valence-electron chi connectivity index (χ1n) is 8.74. The van der Waals surface area contributed by atoms with Gasteiger partial charge in [0.05, 0.1) is 26.9 Å². The van der Waals surface area contributed by atoms with Gasteiger partial charge in [0.15, 0.2) is 10.7 Å². The van der Waals surface area contributed by atoms with E-state index in [2.05, 4.69) is 20.3 Å². The number of fused-ring (bicyclic) bond motifs is 1. The maximum absolute atomic E-state index is 13.0. The Kier molecular flexibility index (Phi) is 6.20. The normalized spacial score (nSPS) is 11.1. The first-order valence-corrected chi connectivity index (χ1v) is 10.2. The second-order valence-electron chi connectivity index (χ2n) is 5.75. The van der Waals surface area contributed by atoms with E-state index in [-0.39, 0.29) is 30.0 Å². The van der Waals surface area contributed by atoms with Crippen LogP contribution in [0.3, 0.4) is 0 Å². The molecule has 31 heavy (non-hydrogen) atoms. The molecular formula is C17H18N6O7S. The van der Waals surface area contributed by atoms with E-state index in [1.165, 1.54) is 32.5 Å². The fraction of sp³-hybridized carbons (Fsp3) is 0.235. The number of anilines is 1. The number of imidazole rings is 1. The number of aromatic nitrogens is 4. The molecule has 0 spiro atoms. The Hall–Kier alpha value is -3.94. The number of urea groups is 1. The molecular weight excluding hydrogens is 432 g/mol. The monoisotopic (exact) mass is 450 g/mol. The number of esters is 1. The van der Waals surface area contributed by atoms with Crippen LogP contribution >= 0.6 is 0 Å². The summed E-state index contributed by atoms with van der Waals surface area (Å²) in [7, 11) is -1.88. The second-order valence-corrected chi connectivity index (χ2v) is 7.35. The first-order chi connectivity index (χ1) is 14.8. The number of hydrogen-bond donors (Lipinski definition) is 2. The number of ether oxygens (including phenoxy) is 3. The van der Waals surface area contributed by atoms with Crippen molar-refractivity contribution in [2.75, 3.05) is 26.1 Å². The van der Waals surface area contributed by atoms with Gasteiger partial charge in [0, 0.05) is 6.20 Å². The van der Waals surface area contributed by atoms with Crippen LogP contribution in [0.1, 0.15) is 17.4 Å². The van der Waals surface area contributed by atoms with E-state index in [4.69, 9.17) is 14.2 Å². The van der Waals surface area contributed by atoms with Crippen LogP contribution in [-0.4, -0.2) is 60.6 Å². The predicted octanol–water partition coefficient (Wildman–Crippen LogP) is 0.829. The van der Waals surface area contributed by atoms with Gasteiger partial charge in [-0.1, -0.05) is 6.07 Å². The van der Waals surface area contributed by atoms with E-state index in [9.17, 15) is 18.0 Å². The van der Waals surface area contributed by atoms with Gasteiger partial charge in [-0.2, -0.15) is 18.4 Å². The van der Waals surface area contributed by atoms with Crippen molar-refractivity contribution in [1.29, 1.82) is 0 Å². The van der Waals surface area contributed by atoms with Gasteiger partial charge in [-0.15, -0.1) is 0 Å². The fourth-order valence-electron chi connectivity index (χ4n) is 2.53. The van der Waals surface area contributed by atoms with E-state index in [1.54, 1.807) is 23.8 Å². The number of rotatable bonds is 7. The maximum atomic E-state index is 13.0. The molecule has 14 heteroatoms. The lowest BCUT2D eigenvalue weighted by Gasteiger charge is -2.10. The topological polar surface area (TPSA) is 163 Å². The molecule has 0 radical (unpaired) electrons. The van der Waals surface area contributed by atoms with Gasteiger partial charge < -0.3 is 14.2 Å². The van der Waals surface area contributed by atoms with Gasteiger partial charge in [-0.25, -0.2) is 19.3 Å². The Labute approximate surface area is 176 Å². The van der Waals surface area contributed by atoms with Crippen LogP contribution in [0.15, 0.2) is 35.5 Å². The van der Waals surface area contributed by atoms with Crippen LogP contribution in [0.2, 0.25) is 0 Å². The molecule has 3 heterocycles. The molecule has 3 aromatic heterocycles. The number of carbonyl (C=O) groups excluding carboxylic acids is 2. The SMILES string of the molecule is CCOC(=O)c1nc2ccccn2c1S(=O)(=O)NC(=O)Nc1nc(OC)cc(OC)n1. The van der Waals surface area contributed by atoms with Crippen LogP contribution in [0, 0.1) is 0 Å². The van der Waals surface area contributed by atoms with E-state index in [1.807, 2.05) is 0 Å². The molecule has 0 bridgehead atoms. The van der Waals surface area contributed by atoms with Crippen LogP contribution in [-0.2, 0) is 14.8 Å². The van der Waals surface area contributed by atoms with E-state index >= 15 is 0 Å². The molecule has 13 nitrogen and oxygen atoms in total. The Morgan fingerprint density at radius 2 is 1.77 bits per heavy atom. The van der Waals surface area contributed by atoms with Crippen molar-refractivity contribution in [1.82, 2.24) is 24.1 Å². The van der Waals surface area contributed by atoms with E-state index in [0.717, 1.165) is 4.40 Å². The van der Waals surface area contributed by atoms with Gasteiger partial charge in [-0.3, -0.25) is 9.72 Å². The van der Waals surface area contributed by atoms with Gasteiger partial charge in [0.25, 0.3) is 10.0 Å². The number of sulfonamides is 1. The van der Waals surface area contributed by atoms with Crippen molar-refractivity contribution in [3.63, 3.8) is 0 Å². The Balaban J connectivity index is 1.94. The molecule has 0 saturated heterocycles. The minimum Gasteiger partial charge on any atom is -0.481 e. The lowest BCUT2D eigenvalue weighted by atomic mass is 10.5. The lowest BCUT2D eigenvalue weighted by Crippen LogP contribution is -2.36. The summed E-state index contributed by atoms with van der Waals surface area (Å²) in [6.07, 6.45) is 1.38. The Bertz CT molecular complexity index is 1220. The van der Waals surface area contributed by atoms with Crippen LogP contribution < -0.4 is 19.5 Å². The average Bonchev–Trinajstić information content (AvgIpc) is 3.14. The summed E-state index contributed by atoms with van der Waals surface area (Å²) in [5.74, 6) is -1.06. The summed E-state index contributed by atoms with van der Waals surface area (Å²) in [4.78, 5) is 36.4. The number of nitrogens with one attached hydrogen (secondary N) is 2. The van der Waals surface area contributed by atoms with Crippen LogP contribution in [0.25, 0.3) is 5.65 Å². The molecule has 0 aliphatic rings. The highest BCUT2D eigenvalue weighted by Gasteiger charge is 2.31. The quantitative estimate of drug-likeness (QED) is 0.493. The van der Waals surface area contributed by atoms with Crippen molar-refractivity contribution in [3.05, 3.63) is 36.2 Å². The molecule has 0 saturated carbocycles. The third-order valence-electron chi connectivity index (χ3n) is 3.76. The maximum Gasteiger partial charge on any atom is 0.360 e. The molecule has 0 aromatic carbocycles. The van der Waals surface area contributed by atoms with Crippen molar-refractivity contribution >= 4 is 33.6 Å². The molecule has 2 amide bonds. The summed E-state index contributed by atoms with van der Waals surface area (Å²) in [6.45, 7) is 1.57. The van der Waals surface area contributed by atoms with Crippen molar-refractivity contribution < 1.29 is 32.2 Å². The minimum atomic E-state index is -4.57. The molecule has 0 unspecified atom stereocenters. The van der Waals surface area contributed by atoms with Crippen molar-refractivity contribution in [3.8, 4) is 11.8 Å². The van der Waals surface area contributed by atoms with Crippen LogP contribution in [0.5, 0.6) is 11.8 Å². The van der Waals surface area contributed by atoms with Gasteiger partial charge in [0.1, 0.15) is 5.65 Å². The summed E-state index contributed by atoms with van der Waals surface area (Å²) < 4.78 is 43.7. The third kappa shape index (κ3) is 4.63. The fourth-order valence-corrected chi connectivity index (χ4v) is 3.72. The van der Waals surface area contributed by atoms with Crippen molar-refractivity contribution in [2.45, 2.75) is 11.9 Å². The standard InChI is InChI=1S/C17H18N6O7S/c1-4-30-15(24)13-14(23-8-6-5-7-10(23)18-13)31(26,27)22-17(25)21-16-19-11(28-2)9-12(20-16)29-3/h5-9H,4H2,1-3H3,(H2,19,20,21,22,25). The Morgan fingerprint density at radius 1 is 1.10 bits per heavy atom. The first kappa shape index (κ1) is 21.8. The highest BCUT2D eigenvalue weighted by molar-refractivity contribution is 7.90. The molecule has 0 fully saturated rings. The van der Waals surface area contributed by atoms with Gasteiger partial charge >= 0.3 is 12.0 Å². The van der Waals surface area contributed by atoms with Gasteiger partial charge in [-0.05, 0) is 19.1 Å². The average molecular weight is 450 g/mol.